The van der Waals surface area contributed by atoms with E-state index < -0.39 is 16.4 Å². The van der Waals surface area contributed by atoms with Crippen molar-refractivity contribution in [3.63, 3.8) is 0 Å². The van der Waals surface area contributed by atoms with Gasteiger partial charge in [0, 0.05) is 0 Å². The van der Waals surface area contributed by atoms with E-state index in [0.29, 0.717) is 0 Å². The van der Waals surface area contributed by atoms with Crippen molar-refractivity contribution < 1.29 is 18.8 Å². The summed E-state index contributed by atoms with van der Waals surface area (Å²) in [6.07, 6.45) is 1.07. The smallest absolute Gasteiger partial charge is 0.392 e. The van der Waals surface area contributed by atoms with Gasteiger partial charge in [0.15, 0.2) is 0 Å². The van der Waals surface area contributed by atoms with Crippen LogP contribution in [0.1, 0.15) is 0 Å². The summed E-state index contributed by atoms with van der Waals surface area (Å²) < 4.78 is 23.3. The van der Waals surface area contributed by atoms with Gasteiger partial charge in [0.05, 0.1) is 16.5 Å². The average molecular weight is 344 g/mol. The van der Waals surface area contributed by atoms with Gasteiger partial charge in [-0.2, -0.15) is 9.97 Å². The maximum Gasteiger partial charge on any atom is 0.392 e. The molecule has 0 atom stereocenters. The zero-order chi connectivity index (χ0) is 14.7. The standard InChI is InChI=1S/C11H7BrFN3O4/c1-19-10-9(16(17)18)11(15-5-14-10)20-6-2-3-8(13)7(12)4-6/h2-5H,1H3. The predicted octanol–water partition coefficient (Wildman–Crippen LogP) is 3.09. The van der Waals surface area contributed by atoms with E-state index in [1.807, 2.05) is 0 Å². The summed E-state index contributed by atoms with van der Waals surface area (Å²) in [6.45, 7) is 0. The maximum atomic E-state index is 13.1. The zero-order valence-corrected chi connectivity index (χ0v) is 11.6. The molecule has 0 bridgehead atoms. The Balaban J connectivity index is 2.42. The van der Waals surface area contributed by atoms with Gasteiger partial charge in [-0.25, -0.2) is 4.39 Å². The Morgan fingerprint density at radius 3 is 2.65 bits per heavy atom. The number of hydrogen-bond acceptors (Lipinski definition) is 6. The normalized spacial score (nSPS) is 10.2. The molecule has 20 heavy (non-hydrogen) atoms. The molecule has 0 fully saturated rings. The van der Waals surface area contributed by atoms with Gasteiger partial charge in [0.25, 0.3) is 0 Å². The first-order valence-corrected chi connectivity index (χ1v) is 5.98. The highest BCUT2D eigenvalue weighted by Gasteiger charge is 2.26. The fraction of sp³-hybridized carbons (Fsp3) is 0.0909. The maximum absolute atomic E-state index is 13.1. The van der Waals surface area contributed by atoms with Gasteiger partial charge in [0.1, 0.15) is 17.9 Å². The van der Waals surface area contributed by atoms with E-state index in [-0.39, 0.29) is 22.0 Å². The number of rotatable bonds is 4. The molecule has 0 unspecified atom stereocenters. The summed E-state index contributed by atoms with van der Waals surface area (Å²) in [4.78, 5) is 17.6. The lowest BCUT2D eigenvalue weighted by molar-refractivity contribution is -0.387. The fourth-order valence-corrected chi connectivity index (χ4v) is 1.74. The monoisotopic (exact) mass is 343 g/mol. The quantitative estimate of drug-likeness (QED) is 0.626. The van der Waals surface area contributed by atoms with Crippen molar-refractivity contribution in [1.82, 2.24) is 9.97 Å². The van der Waals surface area contributed by atoms with Crippen LogP contribution in [0, 0.1) is 15.9 Å². The number of methoxy groups -OCH3 is 1. The van der Waals surface area contributed by atoms with E-state index >= 15 is 0 Å². The van der Waals surface area contributed by atoms with E-state index in [2.05, 4.69) is 25.9 Å². The number of benzene rings is 1. The highest BCUT2D eigenvalue weighted by Crippen LogP contribution is 2.35. The molecule has 2 rings (SSSR count). The molecule has 104 valence electrons. The van der Waals surface area contributed by atoms with Gasteiger partial charge in [-0.3, -0.25) is 10.1 Å². The van der Waals surface area contributed by atoms with Gasteiger partial charge in [-0.15, -0.1) is 0 Å². The number of aromatic nitrogens is 2. The Hall–Kier alpha value is -2.29. The van der Waals surface area contributed by atoms with E-state index in [4.69, 9.17) is 9.47 Å². The third kappa shape index (κ3) is 2.82. The van der Waals surface area contributed by atoms with Crippen molar-refractivity contribution in [3.05, 3.63) is 44.9 Å². The molecular formula is C11H7BrFN3O4. The molecule has 0 N–H and O–H groups in total. The van der Waals surface area contributed by atoms with Gasteiger partial charge >= 0.3 is 17.4 Å². The molecule has 1 aromatic carbocycles. The van der Waals surface area contributed by atoms with Gasteiger partial charge in [0.2, 0.25) is 0 Å². The first-order chi connectivity index (χ1) is 9.52. The number of nitrogens with zero attached hydrogens (tertiary/aromatic N) is 3. The molecule has 1 aromatic heterocycles. The lowest BCUT2D eigenvalue weighted by atomic mass is 10.3. The fourth-order valence-electron chi connectivity index (χ4n) is 1.38. The topological polar surface area (TPSA) is 87.4 Å². The van der Waals surface area contributed by atoms with Crippen LogP contribution in [-0.4, -0.2) is 22.0 Å². The third-order valence-electron chi connectivity index (χ3n) is 2.24. The molecule has 0 aliphatic heterocycles. The number of hydrogen-bond donors (Lipinski definition) is 0. The minimum absolute atomic E-state index is 0.165. The van der Waals surface area contributed by atoms with Crippen molar-refractivity contribution in [3.8, 4) is 17.5 Å². The molecular weight excluding hydrogens is 337 g/mol. The molecule has 0 amide bonds. The number of ether oxygens (including phenoxy) is 2. The van der Waals surface area contributed by atoms with Crippen LogP contribution in [0.2, 0.25) is 0 Å². The first kappa shape index (κ1) is 14.1. The lowest BCUT2D eigenvalue weighted by Gasteiger charge is -2.07. The van der Waals surface area contributed by atoms with Gasteiger partial charge < -0.3 is 9.47 Å². The molecule has 0 spiro atoms. The highest BCUT2D eigenvalue weighted by molar-refractivity contribution is 9.10. The molecule has 9 heteroatoms. The minimum Gasteiger partial charge on any atom is -0.476 e. The van der Waals surface area contributed by atoms with Crippen LogP contribution in [-0.2, 0) is 0 Å². The highest BCUT2D eigenvalue weighted by atomic mass is 79.9. The Labute approximate surface area is 120 Å². The largest absolute Gasteiger partial charge is 0.476 e. The molecule has 0 radical (unpaired) electrons. The van der Waals surface area contributed by atoms with Crippen LogP contribution in [0.4, 0.5) is 10.1 Å². The van der Waals surface area contributed by atoms with E-state index in [0.717, 1.165) is 12.4 Å². The zero-order valence-electron chi connectivity index (χ0n) is 10.0. The second-order valence-electron chi connectivity index (χ2n) is 3.47. The summed E-state index contributed by atoms with van der Waals surface area (Å²) in [5, 5.41) is 11.0. The first-order valence-electron chi connectivity index (χ1n) is 5.19. The van der Waals surface area contributed by atoms with Crippen molar-refractivity contribution in [2.24, 2.45) is 0 Å². The number of halogens is 2. The van der Waals surface area contributed by atoms with E-state index in [1.54, 1.807) is 0 Å². The van der Waals surface area contributed by atoms with Gasteiger partial charge in [-0.1, -0.05) is 0 Å². The van der Waals surface area contributed by atoms with Crippen molar-refractivity contribution in [2.75, 3.05) is 7.11 Å². The Kier molecular flexibility index (Phi) is 4.08. The summed E-state index contributed by atoms with van der Waals surface area (Å²) in [6, 6.07) is 3.80. The second kappa shape index (κ2) is 5.78. The molecule has 0 saturated carbocycles. The van der Waals surface area contributed by atoms with Crippen LogP contribution < -0.4 is 9.47 Å². The van der Waals surface area contributed by atoms with Crippen LogP contribution in [0.15, 0.2) is 29.0 Å². The molecule has 1 heterocycles. The van der Waals surface area contributed by atoms with Crippen molar-refractivity contribution in [2.45, 2.75) is 0 Å². The Morgan fingerprint density at radius 1 is 1.35 bits per heavy atom. The van der Waals surface area contributed by atoms with Crippen LogP contribution >= 0.6 is 15.9 Å². The van der Waals surface area contributed by atoms with Crippen molar-refractivity contribution >= 4 is 21.6 Å². The molecule has 0 aliphatic carbocycles. The van der Waals surface area contributed by atoms with E-state index in [9.17, 15) is 14.5 Å². The lowest BCUT2D eigenvalue weighted by Crippen LogP contribution is -2.01. The average Bonchev–Trinajstić information content (AvgIpc) is 2.42. The summed E-state index contributed by atoms with van der Waals surface area (Å²) in [5.41, 5.74) is -0.504. The SMILES string of the molecule is COc1ncnc(Oc2ccc(F)c(Br)c2)c1[N+](=O)[O-]. The predicted molar refractivity (Wildman–Crippen MR) is 69.4 cm³/mol. The third-order valence-corrected chi connectivity index (χ3v) is 2.84. The molecule has 7 nitrogen and oxygen atoms in total. The number of nitro groups is 1. The Morgan fingerprint density at radius 2 is 2.05 bits per heavy atom. The van der Waals surface area contributed by atoms with Crippen LogP contribution in [0.3, 0.4) is 0 Å². The molecule has 2 aromatic rings. The Bertz CT molecular complexity index is 668. The molecule has 0 saturated heterocycles. The summed E-state index contributed by atoms with van der Waals surface area (Å²) in [5.74, 6) is -0.809. The molecule has 0 aliphatic rings. The van der Waals surface area contributed by atoms with Crippen LogP contribution in [0.25, 0.3) is 0 Å². The minimum atomic E-state index is -0.716. The van der Waals surface area contributed by atoms with Gasteiger partial charge in [-0.05, 0) is 34.1 Å². The van der Waals surface area contributed by atoms with Crippen LogP contribution in [0.5, 0.6) is 17.5 Å². The summed E-state index contributed by atoms with van der Waals surface area (Å²) >= 11 is 2.99. The van der Waals surface area contributed by atoms with Crippen molar-refractivity contribution in [1.29, 1.82) is 0 Å². The second-order valence-corrected chi connectivity index (χ2v) is 4.33. The summed E-state index contributed by atoms with van der Waals surface area (Å²) in [7, 11) is 1.24. The van der Waals surface area contributed by atoms with E-state index in [1.165, 1.54) is 19.2 Å².